The second kappa shape index (κ2) is 3.89. The van der Waals surface area contributed by atoms with E-state index >= 15 is 0 Å². The fourth-order valence-electron chi connectivity index (χ4n) is 4.01. The lowest BCUT2D eigenvalue weighted by Crippen LogP contribution is -2.28. The van der Waals surface area contributed by atoms with E-state index in [1.54, 1.807) is 12.1 Å². The van der Waals surface area contributed by atoms with Gasteiger partial charge in [-0.05, 0) is 36.8 Å². The van der Waals surface area contributed by atoms with Crippen LogP contribution in [0, 0.1) is 11.8 Å². The van der Waals surface area contributed by atoms with Crippen LogP contribution in [0.3, 0.4) is 0 Å². The van der Waals surface area contributed by atoms with Crippen molar-refractivity contribution in [2.45, 2.75) is 25.3 Å². The fourth-order valence-corrected chi connectivity index (χ4v) is 4.01. The molecular weight excluding hydrogens is 226 g/mol. The van der Waals surface area contributed by atoms with Gasteiger partial charge in [-0.25, -0.2) is 0 Å². The Morgan fingerprint density at radius 3 is 2.72 bits per heavy atom. The van der Waals surface area contributed by atoms with Gasteiger partial charge in [0.25, 0.3) is 0 Å². The molecule has 3 unspecified atom stereocenters. The summed E-state index contributed by atoms with van der Waals surface area (Å²) in [5.74, 6) is 3.02. The number of ether oxygens (including phenoxy) is 1. The summed E-state index contributed by atoms with van der Waals surface area (Å²) in [5, 5.41) is 9.49. The predicted molar refractivity (Wildman–Crippen MR) is 68.7 cm³/mol. The van der Waals surface area contributed by atoms with Gasteiger partial charge in [0.2, 0.25) is 0 Å². The minimum absolute atomic E-state index is 0.299. The third-order valence-corrected chi connectivity index (χ3v) is 4.95. The Kier molecular flexibility index (Phi) is 2.31. The minimum atomic E-state index is 0.299. The lowest BCUT2D eigenvalue weighted by Gasteiger charge is -2.23. The normalized spacial score (nSPS) is 34.3. The molecule has 1 N–H and O–H groups in total. The average Bonchev–Trinajstić information content (AvgIpc) is 2.98. The largest absolute Gasteiger partial charge is 0.508 e. The number of likely N-dealkylation sites (tertiary alicyclic amines) is 1. The molecule has 18 heavy (non-hydrogen) atoms. The molecule has 1 aromatic carbocycles. The standard InChI is InChI=1S/C15H19NO2/c17-12-4-5-13-14(9-18-15(13)6-12)16-7-10-2-1-3-11(10)8-16/h4-6,10-11,14,17H,1-3,7-9H2. The molecule has 2 fully saturated rings. The topological polar surface area (TPSA) is 32.7 Å². The van der Waals surface area contributed by atoms with Crippen LogP contribution in [0.25, 0.3) is 0 Å². The van der Waals surface area contributed by atoms with Crippen molar-refractivity contribution in [1.29, 1.82) is 0 Å². The lowest BCUT2D eigenvalue weighted by atomic mass is 10.0. The Morgan fingerprint density at radius 1 is 1.17 bits per heavy atom. The number of phenols is 1. The number of phenolic OH excluding ortho intramolecular Hbond substituents is 1. The summed E-state index contributed by atoms with van der Waals surface area (Å²) in [5.41, 5.74) is 1.26. The van der Waals surface area contributed by atoms with E-state index in [1.165, 1.54) is 37.9 Å². The quantitative estimate of drug-likeness (QED) is 0.825. The van der Waals surface area contributed by atoms with E-state index < -0.39 is 0 Å². The highest BCUT2D eigenvalue weighted by atomic mass is 16.5. The lowest BCUT2D eigenvalue weighted by molar-refractivity contribution is 0.183. The Morgan fingerprint density at radius 2 is 1.94 bits per heavy atom. The van der Waals surface area contributed by atoms with Crippen LogP contribution in [-0.2, 0) is 0 Å². The molecule has 0 amide bonds. The van der Waals surface area contributed by atoms with Gasteiger partial charge in [-0.3, -0.25) is 4.90 Å². The van der Waals surface area contributed by atoms with Gasteiger partial charge in [0.15, 0.2) is 0 Å². The molecular formula is C15H19NO2. The summed E-state index contributed by atoms with van der Waals surface area (Å²) in [7, 11) is 0. The van der Waals surface area contributed by atoms with Gasteiger partial charge in [0.1, 0.15) is 18.1 Å². The molecule has 1 aliphatic carbocycles. The van der Waals surface area contributed by atoms with Crippen molar-refractivity contribution in [3.8, 4) is 11.5 Å². The molecule has 3 heteroatoms. The maximum absolute atomic E-state index is 9.49. The van der Waals surface area contributed by atoms with E-state index in [0.29, 0.717) is 11.8 Å². The fraction of sp³-hybridized carbons (Fsp3) is 0.600. The first-order valence-electron chi connectivity index (χ1n) is 7.01. The van der Waals surface area contributed by atoms with Crippen molar-refractivity contribution in [2.24, 2.45) is 11.8 Å². The third kappa shape index (κ3) is 1.53. The summed E-state index contributed by atoms with van der Waals surface area (Å²) in [4.78, 5) is 2.59. The van der Waals surface area contributed by atoms with Crippen LogP contribution in [0.5, 0.6) is 11.5 Å². The molecule has 3 atom stereocenters. The number of benzene rings is 1. The average molecular weight is 245 g/mol. The summed E-state index contributed by atoms with van der Waals surface area (Å²) < 4.78 is 5.72. The highest BCUT2D eigenvalue weighted by Crippen LogP contribution is 2.44. The number of hydrogen-bond acceptors (Lipinski definition) is 3. The third-order valence-electron chi connectivity index (χ3n) is 4.95. The molecule has 1 saturated carbocycles. The van der Waals surface area contributed by atoms with Gasteiger partial charge in [-0.2, -0.15) is 0 Å². The van der Waals surface area contributed by atoms with Gasteiger partial charge < -0.3 is 9.84 Å². The van der Waals surface area contributed by atoms with Crippen LogP contribution in [-0.4, -0.2) is 29.7 Å². The molecule has 0 spiro atoms. The zero-order valence-corrected chi connectivity index (χ0v) is 10.5. The van der Waals surface area contributed by atoms with E-state index in [2.05, 4.69) is 4.90 Å². The van der Waals surface area contributed by atoms with Crippen LogP contribution in [0.2, 0.25) is 0 Å². The van der Waals surface area contributed by atoms with Crippen molar-refractivity contribution in [3.05, 3.63) is 23.8 Å². The van der Waals surface area contributed by atoms with Crippen LogP contribution in [0.4, 0.5) is 0 Å². The molecule has 0 radical (unpaired) electrons. The molecule has 2 heterocycles. The van der Waals surface area contributed by atoms with Crippen molar-refractivity contribution < 1.29 is 9.84 Å². The number of rotatable bonds is 1. The number of fused-ring (bicyclic) bond motifs is 2. The molecule has 3 nitrogen and oxygen atoms in total. The minimum Gasteiger partial charge on any atom is -0.508 e. The van der Waals surface area contributed by atoms with Gasteiger partial charge >= 0.3 is 0 Å². The number of aromatic hydroxyl groups is 1. The maximum atomic E-state index is 9.49. The van der Waals surface area contributed by atoms with Gasteiger partial charge in [-0.1, -0.05) is 6.42 Å². The second-order valence-corrected chi connectivity index (χ2v) is 5.95. The Balaban J connectivity index is 1.58. The first-order chi connectivity index (χ1) is 8.81. The molecule has 1 aromatic rings. The first kappa shape index (κ1) is 10.7. The molecule has 0 bridgehead atoms. The monoisotopic (exact) mass is 245 g/mol. The van der Waals surface area contributed by atoms with Gasteiger partial charge in [0.05, 0.1) is 6.04 Å². The van der Waals surface area contributed by atoms with E-state index in [1.807, 2.05) is 6.07 Å². The Labute approximate surface area is 107 Å². The SMILES string of the molecule is Oc1ccc2c(c1)OCC2N1CC2CCCC2C1. The van der Waals surface area contributed by atoms with Crippen LogP contribution in [0.15, 0.2) is 18.2 Å². The van der Waals surface area contributed by atoms with Crippen molar-refractivity contribution >= 4 is 0 Å². The summed E-state index contributed by atoms with van der Waals surface area (Å²) in [6.45, 7) is 3.22. The smallest absolute Gasteiger partial charge is 0.127 e. The highest BCUT2D eigenvalue weighted by Gasteiger charge is 2.41. The van der Waals surface area contributed by atoms with Gasteiger partial charge in [0, 0.05) is 24.7 Å². The van der Waals surface area contributed by atoms with Crippen molar-refractivity contribution in [1.82, 2.24) is 4.90 Å². The van der Waals surface area contributed by atoms with Gasteiger partial charge in [-0.15, -0.1) is 0 Å². The van der Waals surface area contributed by atoms with E-state index in [-0.39, 0.29) is 0 Å². The van der Waals surface area contributed by atoms with Crippen molar-refractivity contribution in [3.63, 3.8) is 0 Å². The summed E-state index contributed by atoms with van der Waals surface area (Å²) >= 11 is 0. The summed E-state index contributed by atoms with van der Waals surface area (Å²) in [6.07, 6.45) is 4.25. The van der Waals surface area contributed by atoms with E-state index in [0.717, 1.165) is 24.2 Å². The Hall–Kier alpha value is -1.22. The number of nitrogens with zero attached hydrogens (tertiary/aromatic N) is 1. The van der Waals surface area contributed by atoms with Crippen LogP contribution < -0.4 is 4.74 Å². The second-order valence-electron chi connectivity index (χ2n) is 5.95. The zero-order valence-electron chi connectivity index (χ0n) is 10.5. The molecule has 3 aliphatic rings. The predicted octanol–water partition coefficient (Wildman–Crippen LogP) is 2.56. The van der Waals surface area contributed by atoms with Crippen LogP contribution >= 0.6 is 0 Å². The molecule has 96 valence electrons. The summed E-state index contributed by atoms with van der Waals surface area (Å²) in [6, 6.07) is 5.95. The Bertz CT molecular complexity index is 462. The molecule has 4 rings (SSSR count). The van der Waals surface area contributed by atoms with Crippen LogP contribution in [0.1, 0.15) is 30.9 Å². The molecule has 0 aromatic heterocycles. The molecule has 1 saturated heterocycles. The zero-order chi connectivity index (χ0) is 12.1. The maximum Gasteiger partial charge on any atom is 0.127 e. The van der Waals surface area contributed by atoms with E-state index in [4.69, 9.17) is 4.74 Å². The van der Waals surface area contributed by atoms with E-state index in [9.17, 15) is 5.11 Å². The molecule has 2 aliphatic heterocycles. The highest BCUT2D eigenvalue weighted by molar-refractivity contribution is 5.44. The first-order valence-corrected chi connectivity index (χ1v) is 7.01. The number of hydrogen-bond donors (Lipinski definition) is 1. The van der Waals surface area contributed by atoms with Crippen molar-refractivity contribution in [2.75, 3.05) is 19.7 Å².